The molecule has 0 spiro atoms. The number of imidazole rings is 1. The van der Waals surface area contributed by atoms with Crippen LogP contribution in [0.1, 0.15) is 0 Å². The van der Waals surface area contributed by atoms with E-state index in [4.69, 9.17) is 10.6 Å². The third-order valence-corrected chi connectivity index (χ3v) is 2.01. The van der Waals surface area contributed by atoms with Crippen molar-refractivity contribution in [1.29, 1.82) is 0 Å². The fraction of sp³-hybridized carbons (Fsp3) is 0.111. The van der Waals surface area contributed by atoms with Crippen molar-refractivity contribution >= 4 is 0 Å². The van der Waals surface area contributed by atoms with Crippen molar-refractivity contribution in [2.75, 3.05) is 13.0 Å². The van der Waals surface area contributed by atoms with Crippen LogP contribution in [-0.4, -0.2) is 21.8 Å². The van der Waals surface area contributed by atoms with Gasteiger partial charge in [0.25, 0.3) is 0 Å². The molecule has 0 fully saturated rings. The van der Waals surface area contributed by atoms with Crippen LogP contribution in [0.5, 0.6) is 5.75 Å². The highest BCUT2D eigenvalue weighted by Gasteiger charge is 2.14. The summed E-state index contributed by atoms with van der Waals surface area (Å²) in [4.78, 5) is 18.4. The molecule has 0 unspecified atom stereocenters. The van der Waals surface area contributed by atoms with Gasteiger partial charge < -0.3 is 15.6 Å². The molecular weight excluding hydrogens is 196 g/mol. The summed E-state index contributed by atoms with van der Waals surface area (Å²) in [5.74, 6) is 6.36. The normalized spacial score (nSPS) is 10.2. The van der Waals surface area contributed by atoms with Crippen LogP contribution in [0.2, 0.25) is 0 Å². The van der Waals surface area contributed by atoms with Crippen LogP contribution < -0.4 is 16.0 Å². The summed E-state index contributed by atoms with van der Waals surface area (Å²) in [6.07, 6.45) is 4.68. The number of nitrogen functional groups attached to an aromatic ring is 1. The molecule has 0 atom stereocenters. The van der Waals surface area contributed by atoms with Crippen molar-refractivity contribution in [2.24, 2.45) is 0 Å². The Morgan fingerprint density at radius 3 is 3.00 bits per heavy atom. The van der Waals surface area contributed by atoms with Crippen molar-refractivity contribution in [3.8, 4) is 17.3 Å². The average Bonchev–Trinajstić information content (AvgIpc) is 2.74. The zero-order valence-corrected chi connectivity index (χ0v) is 8.10. The summed E-state index contributed by atoms with van der Waals surface area (Å²) < 4.78 is 6.30. The standard InChI is InChI=1S/C9H10N4O2/c1-15-8-6(14)2-5-13(10)7(8)9-11-3-4-12-9/h2-5H,10H2,1H3,(H,11,12). The van der Waals surface area contributed by atoms with Gasteiger partial charge in [0.05, 0.1) is 7.11 Å². The molecule has 2 heterocycles. The molecule has 2 rings (SSSR count). The maximum Gasteiger partial charge on any atom is 0.224 e. The zero-order valence-electron chi connectivity index (χ0n) is 8.10. The van der Waals surface area contributed by atoms with E-state index in [9.17, 15) is 4.79 Å². The third kappa shape index (κ3) is 1.45. The first-order valence-electron chi connectivity index (χ1n) is 4.28. The molecule has 0 bridgehead atoms. The van der Waals surface area contributed by atoms with Gasteiger partial charge in [-0.1, -0.05) is 0 Å². The van der Waals surface area contributed by atoms with Crippen molar-refractivity contribution in [1.82, 2.24) is 14.6 Å². The summed E-state index contributed by atoms with van der Waals surface area (Å²) in [5, 5.41) is 0. The fourth-order valence-corrected chi connectivity index (χ4v) is 1.35. The first kappa shape index (κ1) is 9.32. The van der Waals surface area contributed by atoms with Gasteiger partial charge in [-0.25, -0.2) is 4.98 Å². The molecule has 0 aromatic carbocycles. The van der Waals surface area contributed by atoms with Crippen LogP contribution in [0, 0.1) is 0 Å². The SMILES string of the molecule is COc1c(-c2ncc[nH]2)n(N)ccc1=O. The second-order valence-electron chi connectivity index (χ2n) is 2.91. The number of H-pyrrole nitrogens is 1. The van der Waals surface area contributed by atoms with Gasteiger partial charge in [0.15, 0.2) is 17.3 Å². The van der Waals surface area contributed by atoms with Crippen molar-refractivity contribution in [3.05, 3.63) is 34.9 Å². The van der Waals surface area contributed by atoms with Crippen LogP contribution in [0.4, 0.5) is 0 Å². The third-order valence-electron chi connectivity index (χ3n) is 2.01. The number of methoxy groups -OCH3 is 1. The number of hydrogen-bond acceptors (Lipinski definition) is 4. The van der Waals surface area contributed by atoms with Crippen molar-refractivity contribution < 1.29 is 4.74 Å². The van der Waals surface area contributed by atoms with E-state index in [1.54, 1.807) is 12.4 Å². The maximum absolute atomic E-state index is 11.5. The van der Waals surface area contributed by atoms with Crippen LogP contribution in [0.3, 0.4) is 0 Å². The Labute approximate surface area is 85.3 Å². The summed E-state index contributed by atoms with van der Waals surface area (Å²) in [6.45, 7) is 0. The van der Waals surface area contributed by atoms with E-state index in [-0.39, 0.29) is 11.2 Å². The summed E-state index contributed by atoms with van der Waals surface area (Å²) in [6, 6.07) is 1.34. The number of aromatic amines is 1. The Kier molecular flexibility index (Phi) is 2.17. The van der Waals surface area contributed by atoms with Gasteiger partial charge in [-0.05, 0) is 0 Å². The maximum atomic E-state index is 11.5. The van der Waals surface area contributed by atoms with Gasteiger partial charge >= 0.3 is 0 Å². The molecule has 15 heavy (non-hydrogen) atoms. The van der Waals surface area contributed by atoms with E-state index in [0.717, 1.165) is 0 Å². The molecule has 0 saturated heterocycles. The molecule has 0 radical (unpaired) electrons. The number of nitrogens with two attached hydrogens (primary N) is 1. The molecule has 0 aliphatic carbocycles. The van der Waals surface area contributed by atoms with Crippen LogP contribution in [-0.2, 0) is 0 Å². The molecule has 0 aliphatic heterocycles. The van der Waals surface area contributed by atoms with Crippen LogP contribution >= 0.6 is 0 Å². The Morgan fingerprint density at radius 1 is 1.60 bits per heavy atom. The van der Waals surface area contributed by atoms with Crippen molar-refractivity contribution in [2.45, 2.75) is 0 Å². The van der Waals surface area contributed by atoms with E-state index >= 15 is 0 Å². The minimum Gasteiger partial charge on any atom is -0.491 e. The Bertz CT molecular complexity index is 515. The van der Waals surface area contributed by atoms with E-state index < -0.39 is 0 Å². The van der Waals surface area contributed by atoms with Crippen LogP contribution in [0.15, 0.2) is 29.5 Å². The smallest absolute Gasteiger partial charge is 0.224 e. The largest absolute Gasteiger partial charge is 0.491 e. The van der Waals surface area contributed by atoms with Gasteiger partial charge in [0, 0.05) is 24.7 Å². The topological polar surface area (TPSA) is 85.9 Å². The number of hydrogen-bond donors (Lipinski definition) is 2. The number of aromatic nitrogens is 3. The van der Waals surface area contributed by atoms with E-state index in [2.05, 4.69) is 9.97 Å². The summed E-state index contributed by atoms with van der Waals surface area (Å²) in [5.41, 5.74) is 0.195. The highest BCUT2D eigenvalue weighted by Crippen LogP contribution is 2.21. The number of nitrogens with one attached hydrogen (secondary N) is 1. The van der Waals surface area contributed by atoms with E-state index in [0.29, 0.717) is 11.5 Å². The average molecular weight is 206 g/mol. The number of rotatable bonds is 2. The predicted molar refractivity (Wildman–Crippen MR) is 55.0 cm³/mol. The second kappa shape index (κ2) is 3.49. The van der Waals surface area contributed by atoms with Gasteiger partial charge in [-0.15, -0.1) is 0 Å². The summed E-state index contributed by atoms with van der Waals surface area (Å²) >= 11 is 0. The molecule has 0 amide bonds. The monoisotopic (exact) mass is 206 g/mol. The molecule has 6 nitrogen and oxygen atoms in total. The number of pyridine rings is 1. The minimum absolute atomic E-state index is 0.176. The molecule has 3 N–H and O–H groups in total. The fourth-order valence-electron chi connectivity index (χ4n) is 1.35. The second-order valence-corrected chi connectivity index (χ2v) is 2.91. The molecule has 6 heteroatoms. The lowest BCUT2D eigenvalue weighted by Gasteiger charge is -2.09. The lowest BCUT2D eigenvalue weighted by Crippen LogP contribution is -2.18. The van der Waals surface area contributed by atoms with Gasteiger partial charge in [0.1, 0.15) is 0 Å². The lowest BCUT2D eigenvalue weighted by atomic mass is 10.3. The molecular formula is C9H10N4O2. The van der Waals surface area contributed by atoms with Gasteiger partial charge in [-0.3, -0.25) is 9.47 Å². The Hall–Kier alpha value is -2.24. The first-order chi connectivity index (χ1) is 7.24. The molecule has 0 saturated carbocycles. The summed E-state index contributed by atoms with van der Waals surface area (Å²) in [7, 11) is 1.42. The Morgan fingerprint density at radius 2 is 2.40 bits per heavy atom. The number of nitrogens with zero attached hydrogens (tertiary/aromatic N) is 2. The molecule has 78 valence electrons. The predicted octanol–water partition coefficient (Wildman–Crippen LogP) is -0.0392. The minimum atomic E-state index is -0.231. The lowest BCUT2D eigenvalue weighted by molar-refractivity contribution is 0.409. The van der Waals surface area contributed by atoms with Gasteiger partial charge in [0.2, 0.25) is 5.43 Å². The molecule has 0 aliphatic rings. The van der Waals surface area contributed by atoms with E-state index in [1.165, 1.54) is 24.0 Å². The molecule has 2 aromatic rings. The number of ether oxygens (including phenoxy) is 1. The highest BCUT2D eigenvalue weighted by atomic mass is 16.5. The van der Waals surface area contributed by atoms with Gasteiger partial charge in [-0.2, -0.15) is 0 Å². The highest BCUT2D eigenvalue weighted by molar-refractivity contribution is 5.59. The molecule has 2 aromatic heterocycles. The van der Waals surface area contributed by atoms with Crippen molar-refractivity contribution in [3.63, 3.8) is 0 Å². The quantitative estimate of drug-likeness (QED) is 0.675. The van der Waals surface area contributed by atoms with E-state index in [1.807, 2.05) is 0 Å². The Balaban J connectivity index is 2.74. The van der Waals surface area contributed by atoms with Crippen LogP contribution in [0.25, 0.3) is 11.5 Å². The first-order valence-corrected chi connectivity index (χ1v) is 4.28. The zero-order chi connectivity index (χ0) is 10.8.